The Morgan fingerprint density at radius 3 is 2.15 bits per heavy atom. The zero-order valence-electron chi connectivity index (χ0n) is 23.7. The Bertz CT molecular complexity index is 1260. The Morgan fingerprint density at radius 2 is 1.61 bits per heavy atom. The molecule has 0 spiro atoms. The predicted octanol–water partition coefficient (Wildman–Crippen LogP) is 6.72. The number of carbonyl (C=O) groups is 3. The number of hydrogen-bond donors (Lipinski definition) is 2. The summed E-state index contributed by atoms with van der Waals surface area (Å²) in [5.41, 5.74) is 0.483. The highest BCUT2D eigenvalue weighted by molar-refractivity contribution is 6.39. The molecule has 0 aliphatic rings. The first-order valence-electron chi connectivity index (χ1n) is 12.9. The highest BCUT2D eigenvalue weighted by Gasteiger charge is 2.25. The maximum absolute atomic E-state index is 12.6. The van der Waals surface area contributed by atoms with Crippen LogP contribution in [0, 0.1) is 0 Å². The maximum Gasteiger partial charge on any atom is 0.413 e. The van der Waals surface area contributed by atoms with Crippen LogP contribution >= 0.6 is 23.2 Å². The van der Waals surface area contributed by atoms with Gasteiger partial charge in [-0.15, -0.1) is 0 Å². The van der Waals surface area contributed by atoms with Crippen LogP contribution < -0.4 is 15.4 Å². The van der Waals surface area contributed by atoms with Crippen LogP contribution in [-0.4, -0.2) is 48.3 Å². The van der Waals surface area contributed by atoms with E-state index in [0.29, 0.717) is 12.4 Å². The number of anilines is 1. The van der Waals surface area contributed by atoms with E-state index in [1.54, 1.807) is 42.6 Å². The Hall–Kier alpha value is -3.82. The average molecular weight is 605 g/mol. The second-order valence-electron chi connectivity index (χ2n) is 9.68. The molecule has 0 radical (unpaired) electrons. The zero-order chi connectivity index (χ0) is 30.4. The molecule has 0 fully saturated rings. The summed E-state index contributed by atoms with van der Waals surface area (Å²) in [7, 11) is 1.27. The number of nitrogens with zero attached hydrogens (tertiary/aromatic N) is 1. The Morgan fingerprint density at radius 1 is 0.951 bits per heavy atom. The van der Waals surface area contributed by atoms with Crippen molar-refractivity contribution < 1.29 is 28.6 Å². The van der Waals surface area contributed by atoms with Crippen LogP contribution in [0.1, 0.15) is 50.0 Å². The van der Waals surface area contributed by atoms with Crippen molar-refractivity contribution in [2.45, 2.75) is 52.2 Å². The summed E-state index contributed by atoms with van der Waals surface area (Å²) < 4.78 is 15.4. The fourth-order valence-electron chi connectivity index (χ4n) is 3.30. The van der Waals surface area contributed by atoms with Gasteiger partial charge in [-0.3, -0.25) is 10.1 Å². The smallest absolute Gasteiger partial charge is 0.413 e. The number of rotatable bonds is 9. The molecule has 1 atom stereocenters. The molecule has 11 heteroatoms. The van der Waals surface area contributed by atoms with Gasteiger partial charge in [0.25, 0.3) is 5.91 Å². The highest BCUT2D eigenvalue weighted by Crippen LogP contribution is 2.24. The van der Waals surface area contributed by atoms with E-state index in [-0.39, 0.29) is 22.0 Å². The first kappa shape index (κ1) is 33.4. The lowest BCUT2D eigenvalue weighted by Crippen LogP contribution is -2.43. The summed E-state index contributed by atoms with van der Waals surface area (Å²) in [5, 5.41) is 5.59. The molecule has 0 unspecified atom stereocenters. The predicted molar refractivity (Wildman–Crippen MR) is 160 cm³/mol. The third-order valence-corrected chi connectivity index (χ3v) is 5.74. The summed E-state index contributed by atoms with van der Waals surface area (Å²) in [5.74, 6) is 0.144. The number of ether oxygens (including phenoxy) is 3. The second-order valence-corrected chi connectivity index (χ2v) is 10.5. The molecule has 0 aliphatic heterocycles. The van der Waals surface area contributed by atoms with E-state index in [1.807, 2.05) is 52.0 Å². The third-order valence-electron chi connectivity index (χ3n) is 5.11. The molecule has 1 aromatic heterocycles. The fraction of sp³-hybridized carbons (Fsp3) is 0.333. The summed E-state index contributed by atoms with van der Waals surface area (Å²) in [6.45, 7) is 8.10. The molecular weight excluding hydrogens is 569 g/mol. The first-order valence-corrected chi connectivity index (χ1v) is 13.6. The first-order chi connectivity index (χ1) is 19.4. The fourth-order valence-corrected chi connectivity index (χ4v) is 3.87. The summed E-state index contributed by atoms with van der Waals surface area (Å²) in [6.07, 6.45) is 2.29. The topological polar surface area (TPSA) is 116 Å². The molecule has 41 heavy (non-hydrogen) atoms. The number of aromatic nitrogens is 1. The van der Waals surface area contributed by atoms with E-state index < -0.39 is 29.6 Å². The minimum absolute atomic E-state index is 0.123. The van der Waals surface area contributed by atoms with Crippen molar-refractivity contribution in [1.29, 1.82) is 0 Å². The lowest BCUT2D eigenvalue weighted by molar-refractivity contribution is -0.142. The monoisotopic (exact) mass is 603 g/mol. The zero-order valence-corrected chi connectivity index (χ0v) is 25.2. The van der Waals surface area contributed by atoms with Gasteiger partial charge in [-0.2, -0.15) is 0 Å². The molecule has 2 amide bonds. The number of hydrogen-bond acceptors (Lipinski definition) is 7. The molecule has 0 saturated carbocycles. The Kier molecular flexibility index (Phi) is 13.4. The molecule has 0 aliphatic carbocycles. The van der Waals surface area contributed by atoms with Gasteiger partial charge in [0.15, 0.2) is 0 Å². The van der Waals surface area contributed by atoms with E-state index in [1.165, 1.54) is 7.11 Å². The minimum Gasteiger partial charge on any atom is -0.494 e. The number of amides is 2. The highest BCUT2D eigenvalue weighted by atomic mass is 35.5. The molecule has 3 rings (SSSR count). The normalized spacial score (nSPS) is 11.3. The van der Waals surface area contributed by atoms with E-state index in [2.05, 4.69) is 15.6 Å². The number of halogens is 2. The largest absolute Gasteiger partial charge is 0.494 e. The SMILES string of the molecule is CC(C)(C)OC(=O)Nc1ccccn1.CCCOc1ccc(C[C@H](NC(=O)c2c(Cl)cccc2Cl)C(=O)OC)cc1. The van der Waals surface area contributed by atoms with Crippen molar-refractivity contribution in [1.82, 2.24) is 10.3 Å². The third kappa shape index (κ3) is 12.1. The van der Waals surface area contributed by atoms with Crippen LogP contribution in [-0.2, 0) is 20.7 Å². The van der Waals surface area contributed by atoms with E-state index in [0.717, 1.165) is 17.7 Å². The number of methoxy groups -OCH3 is 1. The van der Waals surface area contributed by atoms with Crippen LogP contribution in [0.5, 0.6) is 5.75 Å². The molecule has 9 nitrogen and oxygen atoms in total. The van der Waals surface area contributed by atoms with E-state index >= 15 is 0 Å². The van der Waals surface area contributed by atoms with Gasteiger partial charge in [0.2, 0.25) is 0 Å². The average Bonchev–Trinajstić information content (AvgIpc) is 2.91. The van der Waals surface area contributed by atoms with Crippen molar-refractivity contribution in [3.05, 3.63) is 88.0 Å². The van der Waals surface area contributed by atoms with Gasteiger partial charge < -0.3 is 19.5 Å². The number of benzene rings is 2. The lowest BCUT2D eigenvalue weighted by Gasteiger charge is -2.19. The number of esters is 1. The van der Waals surface area contributed by atoms with E-state index in [9.17, 15) is 14.4 Å². The summed E-state index contributed by atoms with van der Waals surface area (Å²) in [4.78, 5) is 39.9. The lowest BCUT2D eigenvalue weighted by atomic mass is 10.0. The molecule has 220 valence electrons. The van der Waals surface area contributed by atoms with Crippen LogP contribution in [0.25, 0.3) is 0 Å². The molecule has 2 N–H and O–H groups in total. The Labute approximate surface area is 250 Å². The van der Waals surface area contributed by atoms with Crippen LogP contribution in [0.4, 0.5) is 10.6 Å². The summed E-state index contributed by atoms with van der Waals surface area (Å²) >= 11 is 12.1. The molecule has 1 heterocycles. The van der Waals surface area contributed by atoms with Crippen molar-refractivity contribution in [2.24, 2.45) is 0 Å². The van der Waals surface area contributed by atoms with Crippen LogP contribution in [0.2, 0.25) is 10.0 Å². The van der Waals surface area contributed by atoms with Gasteiger partial charge in [0.1, 0.15) is 23.2 Å². The standard InChI is InChI=1S/C20H21Cl2NO4.C10H14N2O2/c1-3-11-27-14-9-7-13(8-10-14)12-17(20(25)26-2)23-19(24)18-15(21)5-4-6-16(18)22;1-10(2,3)14-9(13)12-8-6-4-5-7-11-8/h4-10,17H,3,11-12H2,1-2H3,(H,23,24);4-7H,1-3H3,(H,11,12,13)/t17-;/m0./s1. The van der Waals surface area contributed by atoms with Gasteiger partial charge in [-0.25, -0.2) is 14.6 Å². The summed E-state index contributed by atoms with van der Waals surface area (Å²) in [6, 6.07) is 16.5. The van der Waals surface area contributed by atoms with Crippen LogP contribution in [0.15, 0.2) is 66.9 Å². The van der Waals surface area contributed by atoms with Crippen molar-refractivity contribution >= 4 is 47.0 Å². The molecule has 0 bridgehead atoms. The van der Waals surface area contributed by atoms with Crippen LogP contribution in [0.3, 0.4) is 0 Å². The quantitative estimate of drug-likeness (QED) is 0.261. The van der Waals surface area contributed by atoms with Crippen molar-refractivity contribution in [3.63, 3.8) is 0 Å². The number of pyridine rings is 1. The molecule has 2 aromatic carbocycles. The van der Waals surface area contributed by atoms with Crippen molar-refractivity contribution in [2.75, 3.05) is 19.0 Å². The molecule has 3 aromatic rings. The molecular formula is C30H35Cl2N3O6. The minimum atomic E-state index is -0.878. The number of nitrogens with one attached hydrogen (secondary N) is 2. The van der Waals surface area contributed by atoms with E-state index in [4.69, 9.17) is 37.4 Å². The molecule has 0 saturated heterocycles. The Balaban J connectivity index is 0.000000353. The number of carbonyl (C=O) groups excluding carboxylic acids is 3. The van der Waals surface area contributed by atoms with Crippen molar-refractivity contribution in [3.8, 4) is 5.75 Å². The van der Waals surface area contributed by atoms with Gasteiger partial charge in [0.05, 0.1) is 29.3 Å². The van der Waals surface area contributed by atoms with Gasteiger partial charge in [-0.05, 0) is 69.2 Å². The van der Waals surface area contributed by atoms with Gasteiger partial charge in [-0.1, -0.05) is 54.4 Å². The second kappa shape index (κ2) is 16.4. The van der Waals surface area contributed by atoms with Gasteiger partial charge >= 0.3 is 12.1 Å². The maximum atomic E-state index is 12.6. The van der Waals surface area contributed by atoms with Gasteiger partial charge in [0, 0.05) is 12.6 Å².